The minimum Gasteiger partial charge on any atom is -0.356 e. The Morgan fingerprint density at radius 1 is 1.30 bits per heavy atom. The predicted molar refractivity (Wildman–Crippen MR) is 85.1 cm³/mol. The van der Waals surface area contributed by atoms with Crippen LogP contribution in [-0.2, 0) is 15.9 Å². The van der Waals surface area contributed by atoms with Gasteiger partial charge in [0.05, 0.1) is 17.3 Å². The summed E-state index contributed by atoms with van der Waals surface area (Å²) >= 11 is 0. The number of aromatic nitrogens is 2. The number of hydrogen-bond acceptors (Lipinski definition) is 6. The molecule has 0 bridgehead atoms. The quantitative estimate of drug-likeness (QED) is 0.855. The summed E-state index contributed by atoms with van der Waals surface area (Å²) in [6.07, 6.45) is 2.93. The minimum absolute atomic E-state index is 0.0653. The van der Waals surface area contributed by atoms with E-state index in [0.717, 1.165) is 35.6 Å². The molecule has 118 valence electrons. The van der Waals surface area contributed by atoms with Gasteiger partial charge in [-0.05, 0) is 44.0 Å². The summed E-state index contributed by atoms with van der Waals surface area (Å²) in [6.45, 7) is 1.87. The van der Waals surface area contributed by atoms with Crippen molar-refractivity contribution in [3.05, 3.63) is 47.4 Å². The van der Waals surface area contributed by atoms with Gasteiger partial charge in [0.2, 0.25) is 0 Å². The number of anilines is 2. The molecule has 23 heavy (non-hydrogen) atoms. The van der Waals surface area contributed by atoms with Gasteiger partial charge < -0.3 is 14.8 Å². The zero-order valence-corrected chi connectivity index (χ0v) is 13.1. The van der Waals surface area contributed by atoms with Crippen molar-refractivity contribution in [1.29, 1.82) is 5.26 Å². The van der Waals surface area contributed by atoms with Crippen molar-refractivity contribution >= 4 is 11.5 Å². The molecule has 0 saturated heterocycles. The third-order valence-corrected chi connectivity index (χ3v) is 3.90. The summed E-state index contributed by atoms with van der Waals surface area (Å²) in [7, 11) is 1.62. The first-order valence-electron chi connectivity index (χ1n) is 7.50. The first kappa shape index (κ1) is 15.4. The van der Waals surface area contributed by atoms with Crippen LogP contribution in [0.2, 0.25) is 0 Å². The van der Waals surface area contributed by atoms with Crippen LogP contribution >= 0.6 is 0 Å². The second-order valence-electron chi connectivity index (χ2n) is 5.37. The maximum atomic E-state index is 8.85. The Kier molecular flexibility index (Phi) is 4.51. The number of fused-ring (bicyclic) bond motifs is 1. The van der Waals surface area contributed by atoms with Gasteiger partial charge in [0, 0.05) is 18.4 Å². The van der Waals surface area contributed by atoms with Crippen LogP contribution in [0.15, 0.2) is 30.6 Å². The lowest BCUT2D eigenvalue weighted by molar-refractivity contribution is -0.146. The topological polar surface area (TPSA) is 80.1 Å². The maximum absolute atomic E-state index is 8.85. The number of nitrogens with zero attached hydrogens (tertiary/aromatic N) is 3. The highest BCUT2D eigenvalue weighted by Gasteiger charge is 2.29. The van der Waals surface area contributed by atoms with E-state index >= 15 is 0 Å². The van der Waals surface area contributed by atoms with Gasteiger partial charge in [0.25, 0.3) is 0 Å². The molecule has 6 nitrogen and oxygen atoms in total. The first-order chi connectivity index (χ1) is 11.2. The summed E-state index contributed by atoms with van der Waals surface area (Å²) in [5, 5.41) is 12.1. The van der Waals surface area contributed by atoms with E-state index in [4.69, 9.17) is 14.7 Å². The van der Waals surface area contributed by atoms with Crippen LogP contribution in [0.5, 0.6) is 0 Å². The second kappa shape index (κ2) is 6.73. The molecule has 0 spiro atoms. The van der Waals surface area contributed by atoms with Crippen LogP contribution < -0.4 is 5.32 Å². The Labute approximate surface area is 135 Å². The monoisotopic (exact) mass is 310 g/mol. The molecule has 3 rings (SSSR count). The smallest absolute Gasteiger partial charge is 0.155 e. The van der Waals surface area contributed by atoms with Crippen molar-refractivity contribution in [1.82, 2.24) is 9.97 Å². The van der Waals surface area contributed by atoms with Crippen LogP contribution in [0, 0.1) is 11.3 Å². The van der Waals surface area contributed by atoms with E-state index in [2.05, 4.69) is 21.4 Å². The maximum Gasteiger partial charge on any atom is 0.155 e. The Morgan fingerprint density at radius 3 is 2.78 bits per heavy atom. The van der Waals surface area contributed by atoms with Crippen LogP contribution in [0.25, 0.3) is 0 Å². The van der Waals surface area contributed by atoms with Gasteiger partial charge in [-0.2, -0.15) is 5.26 Å². The minimum atomic E-state index is -0.268. The lowest BCUT2D eigenvalue weighted by atomic mass is 10.2. The molecule has 0 amide bonds. The fraction of sp³-hybridized carbons (Fsp3) is 0.353. The molecule has 0 radical (unpaired) electrons. The van der Waals surface area contributed by atoms with Crippen molar-refractivity contribution in [3.63, 3.8) is 0 Å². The van der Waals surface area contributed by atoms with Crippen molar-refractivity contribution in [2.75, 3.05) is 12.4 Å². The summed E-state index contributed by atoms with van der Waals surface area (Å²) in [5.41, 5.74) is 3.51. The standard InChI is InChI=1S/C17H18N4O2/c1-11(22-2)23-15-8-7-14-16(15)19-10-20-17(14)21-13-5-3-12(9-18)4-6-13/h3-6,10-11,15H,7-8H2,1-2H3,(H,19,20,21). The number of ether oxygens (including phenoxy) is 2. The highest BCUT2D eigenvalue weighted by molar-refractivity contribution is 5.61. The Bertz CT molecular complexity index is 724. The van der Waals surface area contributed by atoms with Crippen LogP contribution in [0.3, 0.4) is 0 Å². The third kappa shape index (κ3) is 3.31. The van der Waals surface area contributed by atoms with E-state index in [0.29, 0.717) is 5.56 Å². The lowest BCUT2D eigenvalue weighted by Gasteiger charge is -2.17. The van der Waals surface area contributed by atoms with Gasteiger partial charge in [0.1, 0.15) is 18.2 Å². The lowest BCUT2D eigenvalue weighted by Crippen LogP contribution is -2.14. The Balaban J connectivity index is 1.81. The fourth-order valence-corrected chi connectivity index (χ4v) is 2.65. The van der Waals surface area contributed by atoms with Gasteiger partial charge in [-0.1, -0.05) is 0 Å². The molecule has 1 aliphatic carbocycles. The van der Waals surface area contributed by atoms with E-state index in [1.807, 2.05) is 19.1 Å². The SMILES string of the molecule is COC(C)OC1CCc2c(Nc3ccc(C#N)cc3)ncnc21. The van der Waals surface area contributed by atoms with Crippen LogP contribution in [0.4, 0.5) is 11.5 Å². The first-order valence-corrected chi connectivity index (χ1v) is 7.50. The van der Waals surface area contributed by atoms with Gasteiger partial charge in [0.15, 0.2) is 6.29 Å². The fourth-order valence-electron chi connectivity index (χ4n) is 2.65. The summed E-state index contributed by atoms with van der Waals surface area (Å²) in [5.74, 6) is 0.788. The zero-order chi connectivity index (χ0) is 16.2. The number of benzene rings is 1. The van der Waals surface area contributed by atoms with Crippen molar-refractivity contribution in [2.24, 2.45) is 0 Å². The van der Waals surface area contributed by atoms with E-state index in [1.165, 1.54) is 0 Å². The highest BCUT2D eigenvalue weighted by atomic mass is 16.7. The van der Waals surface area contributed by atoms with Crippen molar-refractivity contribution in [2.45, 2.75) is 32.2 Å². The van der Waals surface area contributed by atoms with Gasteiger partial charge in [-0.15, -0.1) is 0 Å². The highest BCUT2D eigenvalue weighted by Crippen LogP contribution is 2.37. The molecule has 1 aliphatic rings. The number of methoxy groups -OCH3 is 1. The molecule has 2 unspecified atom stereocenters. The summed E-state index contributed by atoms with van der Waals surface area (Å²) in [6, 6.07) is 9.38. The second-order valence-corrected chi connectivity index (χ2v) is 5.37. The zero-order valence-electron chi connectivity index (χ0n) is 13.1. The van der Waals surface area contributed by atoms with Crippen LogP contribution in [-0.4, -0.2) is 23.4 Å². The molecule has 1 aromatic heterocycles. The molecule has 1 heterocycles. The molecule has 2 aromatic rings. The summed E-state index contributed by atoms with van der Waals surface area (Å²) < 4.78 is 11.0. The average Bonchev–Trinajstić information content (AvgIpc) is 2.99. The van der Waals surface area contributed by atoms with Gasteiger partial charge in [-0.25, -0.2) is 9.97 Å². The molecule has 6 heteroatoms. The molecule has 0 fully saturated rings. The molecule has 1 aromatic carbocycles. The third-order valence-electron chi connectivity index (χ3n) is 3.90. The summed E-state index contributed by atoms with van der Waals surface area (Å²) in [4.78, 5) is 8.73. The Hall–Kier alpha value is -2.49. The van der Waals surface area contributed by atoms with Crippen molar-refractivity contribution in [3.8, 4) is 6.07 Å². The van der Waals surface area contributed by atoms with Gasteiger partial charge >= 0.3 is 0 Å². The van der Waals surface area contributed by atoms with Crippen molar-refractivity contribution < 1.29 is 9.47 Å². The van der Waals surface area contributed by atoms with E-state index in [9.17, 15) is 0 Å². The Morgan fingerprint density at radius 2 is 2.09 bits per heavy atom. The van der Waals surface area contributed by atoms with Crippen LogP contribution in [0.1, 0.15) is 36.3 Å². The molecular weight excluding hydrogens is 292 g/mol. The number of nitrogens with one attached hydrogen (secondary N) is 1. The number of rotatable bonds is 5. The number of nitriles is 1. The molecular formula is C17H18N4O2. The van der Waals surface area contributed by atoms with E-state index in [-0.39, 0.29) is 12.4 Å². The molecule has 0 aliphatic heterocycles. The number of hydrogen-bond donors (Lipinski definition) is 1. The predicted octanol–water partition coefficient (Wildman–Crippen LogP) is 3.09. The van der Waals surface area contributed by atoms with Gasteiger partial charge in [-0.3, -0.25) is 0 Å². The average molecular weight is 310 g/mol. The van der Waals surface area contributed by atoms with E-state index in [1.54, 1.807) is 25.6 Å². The largest absolute Gasteiger partial charge is 0.356 e. The molecule has 0 saturated carbocycles. The normalized spacial score (nSPS) is 17.3. The molecule has 2 atom stereocenters. The molecule has 1 N–H and O–H groups in total. The van der Waals surface area contributed by atoms with E-state index < -0.39 is 0 Å².